The number of hydrogen-bond acceptors (Lipinski definition) is 8. The number of benzene rings is 1. The van der Waals surface area contributed by atoms with Crippen molar-refractivity contribution in [3.63, 3.8) is 0 Å². The van der Waals surface area contributed by atoms with Gasteiger partial charge in [0.05, 0.1) is 4.90 Å². The van der Waals surface area contributed by atoms with Gasteiger partial charge < -0.3 is 16.0 Å². The van der Waals surface area contributed by atoms with E-state index in [0.29, 0.717) is 30.5 Å². The van der Waals surface area contributed by atoms with Crippen LogP contribution in [-0.2, 0) is 14.8 Å². The van der Waals surface area contributed by atoms with Crippen LogP contribution in [0.3, 0.4) is 0 Å². The predicted octanol–water partition coefficient (Wildman–Crippen LogP) is 2.13. The first-order chi connectivity index (χ1) is 15.0. The molecule has 3 rings (SSSR count). The number of nitrogens with one attached hydrogen (secondary N) is 4. The Hall–Kier alpha value is -3.99. The van der Waals surface area contributed by atoms with Crippen molar-refractivity contribution in [2.24, 2.45) is 0 Å². The Morgan fingerprint density at radius 1 is 0.968 bits per heavy atom. The summed E-state index contributed by atoms with van der Waals surface area (Å²) in [6.07, 6.45) is 4.29. The second-order valence-electron chi connectivity index (χ2n) is 6.16. The lowest BCUT2D eigenvalue weighted by atomic mass is 10.3. The highest BCUT2D eigenvalue weighted by Gasteiger charge is 2.14. The van der Waals surface area contributed by atoms with Crippen molar-refractivity contribution in [3.8, 4) is 0 Å². The highest BCUT2D eigenvalue weighted by Crippen LogP contribution is 2.19. The summed E-state index contributed by atoms with van der Waals surface area (Å²) in [6, 6.07) is 12.9. The van der Waals surface area contributed by atoms with Gasteiger partial charge in [0, 0.05) is 31.2 Å². The molecule has 0 aliphatic rings. The van der Waals surface area contributed by atoms with E-state index in [2.05, 4.69) is 42.2 Å². The Labute approximate surface area is 179 Å². The number of pyridine rings is 1. The molecule has 0 unspecified atom stereocenters. The van der Waals surface area contributed by atoms with Crippen molar-refractivity contribution in [3.05, 3.63) is 73.6 Å². The smallest absolute Gasteiger partial charge is 0.263 e. The fourth-order valence-corrected chi connectivity index (χ4v) is 3.44. The van der Waals surface area contributed by atoms with Crippen LogP contribution in [0.25, 0.3) is 0 Å². The molecule has 1 aromatic carbocycles. The van der Waals surface area contributed by atoms with E-state index in [1.165, 1.54) is 24.4 Å². The summed E-state index contributed by atoms with van der Waals surface area (Å²) in [5.74, 6) is 0.903. The van der Waals surface area contributed by atoms with Gasteiger partial charge in [-0.1, -0.05) is 12.6 Å². The zero-order valence-corrected chi connectivity index (χ0v) is 17.3. The van der Waals surface area contributed by atoms with Crippen molar-refractivity contribution in [2.45, 2.75) is 4.90 Å². The molecule has 2 heterocycles. The van der Waals surface area contributed by atoms with Crippen molar-refractivity contribution in [2.75, 3.05) is 28.4 Å². The predicted molar refractivity (Wildman–Crippen MR) is 118 cm³/mol. The van der Waals surface area contributed by atoms with Gasteiger partial charge in [-0.05, 0) is 48.5 Å². The van der Waals surface area contributed by atoms with E-state index in [-0.39, 0.29) is 16.6 Å². The molecule has 11 heteroatoms. The molecule has 3 aromatic rings. The summed E-state index contributed by atoms with van der Waals surface area (Å²) in [4.78, 5) is 23.6. The van der Waals surface area contributed by atoms with Gasteiger partial charge in [-0.25, -0.2) is 18.4 Å². The largest absolute Gasteiger partial charge is 0.352 e. The molecule has 10 nitrogen and oxygen atoms in total. The van der Waals surface area contributed by atoms with Gasteiger partial charge >= 0.3 is 0 Å². The summed E-state index contributed by atoms with van der Waals surface area (Å²) >= 11 is 0. The maximum absolute atomic E-state index is 12.5. The van der Waals surface area contributed by atoms with Crippen LogP contribution < -0.4 is 20.7 Å². The van der Waals surface area contributed by atoms with E-state index in [0.717, 1.165) is 0 Å². The van der Waals surface area contributed by atoms with Crippen LogP contribution in [0.15, 0.2) is 78.5 Å². The summed E-state index contributed by atoms with van der Waals surface area (Å²) in [5.41, 5.74) is 0.652. The van der Waals surface area contributed by atoms with Crippen LogP contribution >= 0.6 is 0 Å². The van der Waals surface area contributed by atoms with Gasteiger partial charge in [-0.3, -0.25) is 9.52 Å². The van der Waals surface area contributed by atoms with Crippen LogP contribution in [0.2, 0.25) is 0 Å². The van der Waals surface area contributed by atoms with Gasteiger partial charge in [0.15, 0.2) is 0 Å². The van der Waals surface area contributed by atoms with E-state index in [9.17, 15) is 13.2 Å². The van der Waals surface area contributed by atoms with E-state index >= 15 is 0 Å². The minimum atomic E-state index is -3.74. The average Bonchev–Trinajstić information content (AvgIpc) is 2.77. The van der Waals surface area contributed by atoms with Crippen LogP contribution in [0, 0.1) is 0 Å². The molecule has 0 saturated carbocycles. The fraction of sp³-hybridized carbons (Fsp3) is 0.100. The number of carbonyl (C=O) groups is 1. The number of nitrogens with zero attached hydrogens (tertiary/aromatic N) is 3. The van der Waals surface area contributed by atoms with Crippen LogP contribution in [0.4, 0.5) is 23.3 Å². The van der Waals surface area contributed by atoms with Crippen LogP contribution in [-0.4, -0.2) is 42.4 Å². The molecule has 0 radical (unpaired) electrons. The molecule has 0 aliphatic carbocycles. The van der Waals surface area contributed by atoms with E-state index in [1.807, 2.05) is 0 Å². The molecule has 0 saturated heterocycles. The molecule has 0 aliphatic heterocycles. The summed E-state index contributed by atoms with van der Waals surface area (Å²) in [6.45, 7) is 4.22. The second kappa shape index (κ2) is 10.2. The third-order valence-corrected chi connectivity index (χ3v) is 5.26. The number of amides is 1. The minimum Gasteiger partial charge on any atom is -0.352 e. The monoisotopic (exact) mass is 439 g/mol. The van der Waals surface area contributed by atoms with Gasteiger partial charge in [0.1, 0.15) is 11.6 Å². The number of sulfonamides is 1. The Morgan fingerprint density at radius 3 is 2.48 bits per heavy atom. The lowest BCUT2D eigenvalue weighted by Gasteiger charge is -2.10. The minimum absolute atomic E-state index is 0.107. The van der Waals surface area contributed by atoms with Gasteiger partial charge in [0.2, 0.25) is 11.9 Å². The first kappa shape index (κ1) is 21.7. The number of anilines is 4. The molecule has 0 spiro atoms. The van der Waals surface area contributed by atoms with Gasteiger partial charge in [-0.15, -0.1) is 0 Å². The lowest BCUT2D eigenvalue weighted by Crippen LogP contribution is -2.27. The molecule has 4 N–H and O–H groups in total. The standard InChI is InChI=1S/C20H21N7O3S/c1-2-19(28)22-13-14-24-20-23-12-10-18(26-20)25-15-6-8-16(9-7-15)31(29,30)27-17-5-3-4-11-21-17/h2-12H,1,13-14H2,(H,21,27)(H,22,28)(H2,23,24,25,26). The summed E-state index contributed by atoms with van der Waals surface area (Å²) < 4.78 is 27.4. The van der Waals surface area contributed by atoms with E-state index < -0.39 is 10.0 Å². The highest BCUT2D eigenvalue weighted by molar-refractivity contribution is 7.92. The summed E-state index contributed by atoms with van der Waals surface area (Å²) in [7, 11) is -3.74. The van der Waals surface area contributed by atoms with Crippen molar-refractivity contribution < 1.29 is 13.2 Å². The zero-order valence-electron chi connectivity index (χ0n) is 16.4. The van der Waals surface area contributed by atoms with E-state index in [1.54, 1.807) is 42.6 Å². The topological polar surface area (TPSA) is 138 Å². The Kier molecular flexibility index (Phi) is 7.12. The molecule has 160 valence electrons. The lowest BCUT2D eigenvalue weighted by molar-refractivity contribution is -0.116. The molecule has 0 atom stereocenters. The molecule has 0 fully saturated rings. The Balaban J connectivity index is 1.59. The first-order valence-corrected chi connectivity index (χ1v) is 10.7. The Bertz CT molecular complexity index is 1140. The number of hydrogen-bond donors (Lipinski definition) is 4. The number of aromatic nitrogens is 3. The quantitative estimate of drug-likeness (QED) is 0.278. The third kappa shape index (κ3) is 6.51. The third-order valence-electron chi connectivity index (χ3n) is 3.89. The molecular formula is C20H21N7O3S. The first-order valence-electron chi connectivity index (χ1n) is 9.24. The molecule has 0 bridgehead atoms. The number of carbonyl (C=O) groups excluding carboxylic acids is 1. The molecule has 1 amide bonds. The second-order valence-corrected chi connectivity index (χ2v) is 7.84. The summed E-state index contributed by atoms with van der Waals surface area (Å²) in [5, 5.41) is 8.73. The normalized spacial score (nSPS) is 10.7. The fourth-order valence-electron chi connectivity index (χ4n) is 2.43. The average molecular weight is 440 g/mol. The highest BCUT2D eigenvalue weighted by atomic mass is 32.2. The molecule has 2 aromatic heterocycles. The SMILES string of the molecule is C=CC(=O)NCCNc1nccc(Nc2ccc(S(=O)(=O)Nc3ccccn3)cc2)n1. The van der Waals surface area contributed by atoms with Crippen LogP contribution in [0.1, 0.15) is 0 Å². The van der Waals surface area contributed by atoms with Crippen molar-refractivity contribution in [1.82, 2.24) is 20.3 Å². The maximum atomic E-state index is 12.5. The van der Waals surface area contributed by atoms with Crippen molar-refractivity contribution >= 4 is 39.2 Å². The zero-order chi connectivity index (χ0) is 22.1. The van der Waals surface area contributed by atoms with Crippen molar-refractivity contribution in [1.29, 1.82) is 0 Å². The number of rotatable bonds is 10. The molecular weight excluding hydrogens is 418 g/mol. The maximum Gasteiger partial charge on any atom is 0.263 e. The van der Waals surface area contributed by atoms with E-state index in [4.69, 9.17) is 0 Å². The van der Waals surface area contributed by atoms with Crippen LogP contribution in [0.5, 0.6) is 0 Å². The molecule has 31 heavy (non-hydrogen) atoms. The Morgan fingerprint density at radius 2 is 1.77 bits per heavy atom. The van der Waals surface area contributed by atoms with Gasteiger partial charge in [0.25, 0.3) is 10.0 Å². The van der Waals surface area contributed by atoms with Gasteiger partial charge in [-0.2, -0.15) is 4.98 Å².